The second-order valence-corrected chi connectivity index (χ2v) is 4.61. The summed E-state index contributed by atoms with van der Waals surface area (Å²) in [6.07, 6.45) is 3.59. The molecule has 0 aliphatic heterocycles. The van der Waals surface area contributed by atoms with Crippen LogP contribution >= 0.6 is 0 Å². The number of nitrogens with one attached hydrogen (secondary N) is 1. The van der Waals surface area contributed by atoms with Gasteiger partial charge in [0.2, 0.25) is 0 Å². The maximum atomic E-state index is 13.2. The van der Waals surface area contributed by atoms with Crippen molar-refractivity contribution in [1.82, 2.24) is 15.3 Å². The van der Waals surface area contributed by atoms with E-state index in [-0.39, 0.29) is 11.9 Å². The van der Waals surface area contributed by atoms with E-state index in [0.29, 0.717) is 5.82 Å². The molecule has 0 saturated carbocycles. The lowest BCUT2D eigenvalue weighted by molar-refractivity contribution is 0.587. The van der Waals surface area contributed by atoms with Gasteiger partial charge < -0.3 is 5.32 Å². The SMILES string of the molecule is CCNC(c1ncc(C)cn1)c1ccc(F)cc1C. The predicted molar refractivity (Wildman–Crippen MR) is 73.4 cm³/mol. The van der Waals surface area contributed by atoms with E-state index in [4.69, 9.17) is 0 Å². The van der Waals surface area contributed by atoms with Crippen molar-refractivity contribution in [3.05, 3.63) is 58.9 Å². The molecule has 4 heteroatoms. The molecule has 0 aliphatic rings. The predicted octanol–water partition coefficient (Wildman–Crippen LogP) is 2.93. The maximum Gasteiger partial charge on any atom is 0.149 e. The average molecular weight is 259 g/mol. The zero-order valence-corrected chi connectivity index (χ0v) is 11.4. The Hall–Kier alpha value is -1.81. The molecule has 2 rings (SSSR count). The van der Waals surface area contributed by atoms with Crippen molar-refractivity contribution in [1.29, 1.82) is 0 Å². The highest BCUT2D eigenvalue weighted by Gasteiger charge is 2.17. The molecule has 1 unspecified atom stereocenters. The van der Waals surface area contributed by atoms with Gasteiger partial charge in [0.05, 0.1) is 6.04 Å². The molecule has 19 heavy (non-hydrogen) atoms. The van der Waals surface area contributed by atoms with E-state index in [9.17, 15) is 4.39 Å². The zero-order valence-electron chi connectivity index (χ0n) is 11.4. The summed E-state index contributed by atoms with van der Waals surface area (Å²) in [5.41, 5.74) is 2.93. The highest BCUT2D eigenvalue weighted by molar-refractivity contribution is 5.33. The number of halogens is 1. The third-order valence-corrected chi connectivity index (χ3v) is 3.01. The number of aromatic nitrogens is 2. The first kappa shape index (κ1) is 13.6. The van der Waals surface area contributed by atoms with Crippen molar-refractivity contribution in [2.45, 2.75) is 26.8 Å². The molecule has 0 spiro atoms. The van der Waals surface area contributed by atoms with Gasteiger partial charge >= 0.3 is 0 Å². The van der Waals surface area contributed by atoms with Crippen LogP contribution in [0.4, 0.5) is 4.39 Å². The third kappa shape index (κ3) is 3.15. The van der Waals surface area contributed by atoms with Crippen LogP contribution in [0.3, 0.4) is 0 Å². The van der Waals surface area contributed by atoms with Crippen LogP contribution in [0.25, 0.3) is 0 Å². The summed E-state index contributed by atoms with van der Waals surface area (Å²) in [7, 11) is 0. The second kappa shape index (κ2) is 5.89. The van der Waals surface area contributed by atoms with Gasteiger partial charge in [-0.3, -0.25) is 0 Å². The summed E-state index contributed by atoms with van der Waals surface area (Å²) in [5, 5.41) is 3.35. The van der Waals surface area contributed by atoms with Gasteiger partial charge in [-0.15, -0.1) is 0 Å². The molecular formula is C15H18FN3. The minimum atomic E-state index is -0.221. The summed E-state index contributed by atoms with van der Waals surface area (Å²) in [6, 6.07) is 4.70. The van der Waals surface area contributed by atoms with Crippen molar-refractivity contribution in [3.8, 4) is 0 Å². The molecule has 0 saturated heterocycles. The molecule has 0 amide bonds. The van der Waals surface area contributed by atoms with Crippen molar-refractivity contribution < 1.29 is 4.39 Å². The first-order chi connectivity index (χ1) is 9.11. The van der Waals surface area contributed by atoms with E-state index >= 15 is 0 Å². The van der Waals surface area contributed by atoms with Crippen LogP contribution in [0, 0.1) is 19.7 Å². The minimum Gasteiger partial charge on any atom is -0.304 e. The molecule has 1 aromatic carbocycles. The van der Waals surface area contributed by atoms with Crippen molar-refractivity contribution >= 4 is 0 Å². The summed E-state index contributed by atoms with van der Waals surface area (Å²) in [6.45, 7) is 6.67. The smallest absolute Gasteiger partial charge is 0.149 e. The lowest BCUT2D eigenvalue weighted by atomic mass is 10.0. The fraction of sp³-hybridized carbons (Fsp3) is 0.333. The quantitative estimate of drug-likeness (QED) is 0.917. The third-order valence-electron chi connectivity index (χ3n) is 3.01. The first-order valence-electron chi connectivity index (χ1n) is 6.39. The average Bonchev–Trinajstić information content (AvgIpc) is 2.38. The molecule has 1 heterocycles. The minimum absolute atomic E-state index is 0.105. The highest BCUT2D eigenvalue weighted by atomic mass is 19.1. The van der Waals surface area contributed by atoms with Crippen molar-refractivity contribution in [2.75, 3.05) is 6.54 Å². The Morgan fingerprint density at radius 2 is 1.89 bits per heavy atom. The Labute approximate surface area is 112 Å². The van der Waals surface area contributed by atoms with E-state index in [1.54, 1.807) is 18.5 Å². The highest BCUT2D eigenvalue weighted by Crippen LogP contribution is 2.23. The van der Waals surface area contributed by atoms with E-state index in [1.807, 2.05) is 20.8 Å². The van der Waals surface area contributed by atoms with Crippen LogP contribution in [0.2, 0.25) is 0 Å². The number of rotatable bonds is 4. The summed E-state index contributed by atoms with van der Waals surface area (Å²) in [4.78, 5) is 8.74. The van der Waals surface area contributed by atoms with Gasteiger partial charge in [0.1, 0.15) is 11.6 Å². The molecule has 0 radical (unpaired) electrons. The molecule has 3 nitrogen and oxygen atoms in total. The Morgan fingerprint density at radius 3 is 2.47 bits per heavy atom. The van der Waals surface area contributed by atoms with Gasteiger partial charge in [-0.2, -0.15) is 0 Å². The van der Waals surface area contributed by atoms with Gasteiger partial charge in [0, 0.05) is 12.4 Å². The first-order valence-corrected chi connectivity index (χ1v) is 6.39. The molecular weight excluding hydrogens is 241 g/mol. The molecule has 1 atom stereocenters. The van der Waals surface area contributed by atoms with Crippen LogP contribution in [-0.4, -0.2) is 16.5 Å². The Morgan fingerprint density at radius 1 is 1.21 bits per heavy atom. The zero-order chi connectivity index (χ0) is 13.8. The van der Waals surface area contributed by atoms with Gasteiger partial charge in [-0.1, -0.05) is 13.0 Å². The molecule has 1 aromatic heterocycles. The topological polar surface area (TPSA) is 37.8 Å². The maximum absolute atomic E-state index is 13.2. The summed E-state index contributed by atoms with van der Waals surface area (Å²) >= 11 is 0. The second-order valence-electron chi connectivity index (χ2n) is 4.61. The standard InChI is InChI=1S/C15H18FN3/c1-4-17-14(15-18-8-10(2)9-19-15)13-6-5-12(16)7-11(13)3/h5-9,14,17H,4H2,1-3H3. The van der Waals surface area contributed by atoms with Crippen LogP contribution in [0.15, 0.2) is 30.6 Å². The van der Waals surface area contributed by atoms with Crippen molar-refractivity contribution in [3.63, 3.8) is 0 Å². The van der Waals surface area contributed by atoms with Crippen LogP contribution in [0.5, 0.6) is 0 Å². The Kier molecular flexibility index (Phi) is 4.22. The van der Waals surface area contributed by atoms with Crippen LogP contribution in [0.1, 0.15) is 35.5 Å². The fourth-order valence-corrected chi connectivity index (χ4v) is 2.06. The molecule has 2 aromatic rings. The largest absolute Gasteiger partial charge is 0.304 e. The van der Waals surface area contributed by atoms with Crippen LogP contribution < -0.4 is 5.32 Å². The Balaban J connectivity index is 2.41. The number of nitrogens with zero attached hydrogens (tertiary/aromatic N) is 2. The fourth-order valence-electron chi connectivity index (χ4n) is 2.06. The number of aryl methyl sites for hydroxylation is 2. The van der Waals surface area contributed by atoms with E-state index in [2.05, 4.69) is 15.3 Å². The van der Waals surface area contributed by atoms with Gasteiger partial charge in [0.15, 0.2) is 0 Å². The molecule has 0 fully saturated rings. The molecule has 0 aliphatic carbocycles. The van der Waals surface area contributed by atoms with Gasteiger partial charge in [-0.25, -0.2) is 14.4 Å². The molecule has 1 N–H and O–H groups in total. The van der Waals surface area contributed by atoms with Gasteiger partial charge in [0.25, 0.3) is 0 Å². The summed E-state index contributed by atoms with van der Waals surface area (Å²) < 4.78 is 13.2. The van der Waals surface area contributed by atoms with E-state index in [0.717, 1.165) is 23.2 Å². The number of hydrogen-bond acceptors (Lipinski definition) is 3. The number of hydrogen-bond donors (Lipinski definition) is 1. The van der Waals surface area contributed by atoms with E-state index in [1.165, 1.54) is 12.1 Å². The van der Waals surface area contributed by atoms with Gasteiger partial charge in [-0.05, 0) is 49.2 Å². The lowest BCUT2D eigenvalue weighted by Gasteiger charge is -2.19. The lowest BCUT2D eigenvalue weighted by Crippen LogP contribution is -2.24. The van der Waals surface area contributed by atoms with E-state index < -0.39 is 0 Å². The van der Waals surface area contributed by atoms with Crippen LogP contribution in [-0.2, 0) is 0 Å². The van der Waals surface area contributed by atoms with Crippen molar-refractivity contribution in [2.24, 2.45) is 0 Å². The Bertz CT molecular complexity index is 552. The summed E-state index contributed by atoms with van der Waals surface area (Å²) in [5.74, 6) is 0.489. The number of benzene rings is 1. The monoisotopic (exact) mass is 259 g/mol. The molecule has 0 bridgehead atoms. The molecule has 100 valence electrons. The normalized spacial score (nSPS) is 12.4.